The summed E-state index contributed by atoms with van der Waals surface area (Å²) in [5.41, 5.74) is 0.362. The van der Waals surface area contributed by atoms with Crippen molar-refractivity contribution in [2.45, 2.75) is 24.2 Å². The van der Waals surface area contributed by atoms with Crippen LogP contribution in [0.3, 0.4) is 0 Å². The summed E-state index contributed by atoms with van der Waals surface area (Å²) in [7, 11) is 0. The summed E-state index contributed by atoms with van der Waals surface area (Å²) < 4.78 is 5.59. The van der Waals surface area contributed by atoms with Crippen LogP contribution in [0, 0.1) is 0 Å². The predicted octanol–water partition coefficient (Wildman–Crippen LogP) is 6.95. The topological polar surface area (TPSA) is 46.5 Å². The van der Waals surface area contributed by atoms with Gasteiger partial charge in [0.25, 0.3) is 0 Å². The van der Waals surface area contributed by atoms with Crippen LogP contribution < -0.4 is 4.74 Å². The van der Waals surface area contributed by atoms with E-state index < -0.39 is 5.97 Å². The van der Waals surface area contributed by atoms with Crippen molar-refractivity contribution in [2.24, 2.45) is 0 Å². The Morgan fingerprint density at radius 2 is 1.33 bits per heavy atom. The van der Waals surface area contributed by atoms with Crippen LogP contribution in [-0.2, 0) is 0 Å². The van der Waals surface area contributed by atoms with E-state index in [1.807, 2.05) is 48.5 Å². The SMILES string of the molecule is O=C(O)c1ccccc1SCC=CCC=CCC=CCC=CCOc1ccccc1. The highest BCUT2D eigenvalue weighted by Gasteiger charge is 2.07. The molecular formula is C26H28O3S. The van der Waals surface area contributed by atoms with Gasteiger partial charge in [0.1, 0.15) is 12.4 Å². The van der Waals surface area contributed by atoms with Crippen LogP contribution in [-0.4, -0.2) is 23.4 Å². The largest absolute Gasteiger partial charge is 0.490 e. The molecule has 0 aromatic heterocycles. The molecule has 30 heavy (non-hydrogen) atoms. The van der Waals surface area contributed by atoms with E-state index in [0.717, 1.165) is 35.7 Å². The third-order valence-electron chi connectivity index (χ3n) is 4.03. The maximum absolute atomic E-state index is 11.2. The van der Waals surface area contributed by atoms with Gasteiger partial charge in [-0.15, -0.1) is 11.8 Å². The molecule has 2 rings (SSSR count). The van der Waals surface area contributed by atoms with Gasteiger partial charge < -0.3 is 9.84 Å². The van der Waals surface area contributed by atoms with Crippen molar-refractivity contribution in [3.05, 3.63) is 109 Å². The molecule has 0 fully saturated rings. The maximum atomic E-state index is 11.2. The van der Waals surface area contributed by atoms with E-state index in [4.69, 9.17) is 9.84 Å². The number of ether oxygens (including phenoxy) is 1. The van der Waals surface area contributed by atoms with E-state index in [0.29, 0.717) is 12.2 Å². The Morgan fingerprint density at radius 1 is 0.767 bits per heavy atom. The summed E-state index contributed by atoms with van der Waals surface area (Å²) in [5, 5.41) is 9.17. The first-order chi connectivity index (χ1) is 14.8. The van der Waals surface area contributed by atoms with E-state index in [-0.39, 0.29) is 0 Å². The van der Waals surface area contributed by atoms with Crippen molar-refractivity contribution < 1.29 is 14.6 Å². The van der Waals surface area contributed by atoms with E-state index in [2.05, 4.69) is 42.5 Å². The molecule has 0 aliphatic carbocycles. The van der Waals surface area contributed by atoms with Crippen LogP contribution in [0.15, 0.2) is 108 Å². The third kappa shape index (κ3) is 9.99. The van der Waals surface area contributed by atoms with Gasteiger partial charge in [-0.25, -0.2) is 4.79 Å². The van der Waals surface area contributed by atoms with Crippen LogP contribution >= 0.6 is 11.8 Å². The number of thioether (sulfide) groups is 1. The molecule has 0 bridgehead atoms. The minimum atomic E-state index is -0.880. The summed E-state index contributed by atoms with van der Waals surface area (Å²) in [4.78, 5) is 12.0. The van der Waals surface area contributed by atoms with Crippen molar-refractivity contribution in [3.63, 3.8) is 0 Å². The van der Waals surface area contributed by atoms with Crippen molar-refractivity contribution >= 4 is 17.7 Å². The second kappa shape index (κ2) is 14.9. The van der Waals surface area contributed by atoms with Gasteiger partial charge in [0, 0.05) is 10.6 Å². The van der Waals surface area contributed by atoms with Gasteiger partial charge in [0.2, 0.25) is 0 Å². The summed E-state index contributed by atoms with van der Waals surface area (Å²) in [6.45, 7) is 0.588. The number of carbonyl (C=O) groups is 1. The van der Waals surface area contributed by atoms with Gasteiger partial charge in [0.15, 0.2) is 0 Å². The first-order valence-electron chi connectivity index (χ1n) is 10.0. The Morgan fingerprint density at radius 3 is 2.00 bits per heavy atom. The van der Waals surface area contributed by atoms with Crippen molar-refractivity contribution in [1.29, 1.82) is 0 Å². The van der Waals surface area contributed by atoms with Crippen LogP contribution in [0.2, 0.25) is 0 Å². The smallest absolute Gasteiger partial charge is 0.336 e. The van der Waals surface area contributed by atoms with Gasteiger partial charge in [-0.2, -0.15) is 0 Å². The fraction of sp³-hybridized carbons (Fsp3) is 0.192. The predicted molar refractivity (Wildman–Crippen MR) is 126 cm³/mol. The molecule has 4 heteroatoms. The van der Waals surface area contributed by atoms with Gasteiger partial charge in [-0.3, -0.25) is 0 Å². The average molecular weight is 421 g/mol. The molecule has 2 aromatic rings. The fourth-order valence-electron chi connectivity index (χ4n) is 2.52. The highest BCUT2D eigenvalue weighted by atomic mass is 32.2. The van der Waals surface area contributed by atoms with E-state index in [1.54, 1.807) is 12.1 Å². The van der Waals surface area contributed by atoms with Crippen LogP contribution in [0.4, 0.5) is 0 Å². The zero-order valence-electron chi connectivity index (χ0n) is 17.0. The summed E-state index contributed by atoms with van der Waals surface area (Å²) >= 11 is 1.54. The second-order valence-electron chi connectivity index (χ2n) is 6.33. The number of hydrogen-bond donors (Lipinski definition) is 1. The fourth-order valence-corrected chi connectivity index (χ4v) is 3.41. The molecule has 0 atom stereocenters. The highest BCUT2D eigenvalue weighted by molar-refractivity contribution is 7.99. The first kappa shape index (κ1) is 23.3. The quantitative estimate of drug-likeness (QED) is 0.281. The second-order valence-corrected chi connectivity index (χ2v) is 7.39. The minimum absolute atomic E-state index is 0.362. The lowest BCUT2D eigenvalue weighted by atomic mass is 10.2. The molecule has 0 radical (unpaired) electrons. The number of para-hydroxylation sites is 1. The summed E-state index contributed by atoms with van der Waals surface area (Å²) in [6, 6.07) is 16.9. The lowest BCUT2D eigenvalue weighted by molar-refractivity contribution is 0.0693. The standard InChI is InChI=1S/C26H28O3S/c27-26(28)24-19-13-14-20-25(24)30-22-16-9-7-5-3-1-2-4-6-8-15-21-29-23-17-11-10-12-18-23/h2-5,8-20H,1,6-7,21-22H2,(H,27,28). The molecule has 156 valence electrons. The molecule has 3 nitrogen and oxygen atoms in total. The number of rotatable bonds is 13. The molecule has 0 aliphatic heterocycles. The number of hydrogen-bond acceptors (Lipinski definition) is 3. The molecule has 0 amide bonds. The Balaban J connectivity index is 1.51. The van der Waals surface area contributed by atoms with Crippen molar-refractivity contribution in [2.75, 3.05) is 12.4 Å². The number of benzene rings is 2. The van der Waals surface area contributed by atoms with E-state index in [1.165, 1.54) is 11.8 Å². The molecule has 0 heterocycles. The molecular weight excluding hydrogens is 392 g/mol. The van der Waals surface area contributed by atoms with Gasteiger partial charge in [-0.1, -0.05) is 78.9 Å². The first-order valence-corrected chi connectivity index (χ1v) is 11.0. The number of carboxylic acid groups (broad SMARTS) is 1. The Bertz CT molecular complexity index is 867. The molecule has 0 saturated heterocycles. The van der Waals surface area contributed by atoms with Crippen molar-refractivity contribution in [3.8, 4) is 5.75 Å². The lowest BCUT2D eigenvalue weighted by Crippen LogP contribution is -1.98. The van der Waals surface area contributed by atoms with Gasteiger partial charge in [-0.05, 0) is 43.5 Å². The van der Waals surface area contributed by atoms with Gasteiger partial charge in [0.05, 0.1) is 5.56 Å². The zero-order chi connectivity index (χ0) is 21.3. The molecule has 0 aliphatic rings. The molecule has 0 saturated carbocycles. The maximum Gasteiger partial charge on any atom is 0.336 e. The van der Waals surface area contributed by atoms with Crippen molar-refractivity contribution in [1.82, 2.24) is 0 Å². The van der Waals surface area contributed by atoms with Crippen LogP contribution in [0.25, 0.3) is 0 Å². The average Bonchev–Trinajstić information content (AvgIpc) is 2.77. The Kier molecular flexibility index (Phi) is 11.6. The summed E-state index contributed by atoms with van der Waals surface area (Å²) in [6.07, 6.45) is 19.6. The normalized spacial score (nSPS) is 11.9. The highest BCUT2D eigenvalue weighted by Crippen LogP contribution is 2.22. The third-order valence-corrected chi connectivity index (χ3v) is 5.05. The van der Waals surface area contributed by atoms with Gasteiger partial charge >= 0.3 is 5.97 Å². The van der Waals surface area contributed by atoms with Crippen LogP contribution in [0.5, 0.6) is 5.75 Å². The molecule has 0 spiro atoms. The van der Waals surface area contributed by atoms with E-state index in [9.17, 15) is 4.79 Å². The molecule has 0 unspecified atom stereocenters. The van der Waals surface area contributed by atoms with E-state index >= 15 is 0 Å². The lowest BCUT2D eigenvalue weighted by Gasteiger charge is -2.02. The zero-order valence-corrected chi connectivity index (χ0v) is 17.8. The van der Waals surface area contributed by atoms with Crippen LogP contribution in [0.1, 0.15) is 29.6 Å². The number of allylic oxidation sites excluding steroid dienone is 6. The minimum Gasteiger partial charge on any atom is -0.490 e. The Hall–Kier alpha value is -2.98. The monoisotopic (exact) mass is 420 g/mol. The summed E-state index contributed by atoms with van der Waals surface area (Å²) in [5.74, 6) is 0.771. The molecule has 2 aromatic carbocycles. The number of aromatic carboxylic acids is 1. The molecule has 1 N–H and O–H groups in total. The number of carboxylic acids is 1. The Labute approximate surface area is 183 Å².